The highest BCUT2D eigenvalue weighted by molar-refractivity contribution is 14.2. The average Bonchev–Trinajstić information content (AvgIpc) is 3.30. The van der Waals surface area contributed by atoms with Gasteiger partial charge in [0, 0.05) is 12.5 Å². The first-order valence-corrected chi connectivity index (χ1v) is 19.9. The molecule has 0 amide bonds. The van der Waals surface area contributed by atoms with E-state index in [1.54, 1.807) is 26.6 Å². The summed E-state index contributed by atoms with van der Waals surface area (Å²) in [5.41, 5.74) is 10.7. The first-order chi connectivity index (χ1) is 22.3. The van der Waals surface area contributed by atoms with E-state index in [1.165, 1.54) is 30.7 Å². The van der Waals surface area contributed by atoms with Crippen LogP contribution in [-0.2, 0) is 36.7 Å². The van der Waals surface area contributed by atoms with Gasteiger partial charge in [-0.3, -0.25) is 27.9 Å². The Morgan fingerprint density at radius 3 is 2.66 bits per heavy atom. The lowest BCUT2D eigenvalue weighted by Gasteiger charge is -2.30. The van der Waals surface area contributed by atoms with E-state index >= 15 is 0 Å². The molecular weight excluding hydrogens is 781 g/mol. The number of fused-ring (bicyclic) bond motifs is 4. The van der Waals surface area contributed by atoms with Crippen LogP contribution in [0.25, 0.3) is 22.3 Å². The van der Waals surface area contributed by atoms with Crippen molar-refractivity contribution >= 4 is 69.2 Å². The number of hydrogen-bond donors (Lipinski definition) is 5. The molecule has 24 heteroatoms. The van der Waals surface area contributed by atoms with E-state index in [-0.39, 0.29) is 35.5 Å². The monoisotopic (exact) mass is 808 g/mol. The van der Waals surface area contributed by atoms with Gasteiger partial charge in [-0.25, -0.2) is 29.1 Å². The highest BCUT2D eigenvalue weighted by atomic mass is 127. The number of methoxy groups -OCH3 is 1. The van der Waals surface area contributed by atoms with Crippen LogP contribution in [0.5, 0.6) is 0 Å². The van der Waals surface area contributed by atoms with Crippen LogP contribution in [0.4, 0.5) is 11.8 Å². The third kappa shape index (κ3) is 5.04. The van der Waals surface area contributed by atoms with Crippen molar-refractivity contribution in [1.82, 2.24) is 39.0 Å². The Morgan fingerprint density at radius 2 is 1.87 bits per heavy atom. The summed E-state index contributed by atoms with van der Waals surface area (Å²) in [6.07, 6.45) is -2.82. The minimum atomic E-state index is -4.90. The molecule has 1 spiro atoms. The van der Waals surface area contributed by atoms with Crippen molar-refractivity contribution in [1.29, 1.82) is 0 Å². The number of aliphatic hydroxyl groups is 1. The predicted molar refractivity (Wildman–Crippen MR) is 166 cm³/mol. The fourth-order valence-corrected chi connectivity index (χ4v) is 10.3. The van der Waals surface area contributed by atoms with Gasteiger partial charge in [0.05, 0.1) is 54.0 Å². The number of nitrogens with two attached hydrogens (primary N) is 2. The van der Waals surface area contributed by atoms with Gasteiger partial charge in [0.1, 0.15) is 42.4 Å². The number of nitrogen functional groups attached to an aromatic ring is 2. The minimum absolute atomic E-state index is 0.0374. The van der Waals surface area contributed by atoms with Crippen molar-refractivity contribution in [3.05, 3.63) is 29.3 Å². The van der Waals surface area contributed by atoms with E-state index in [2.05, 4.69) is 29.9 Å². The molecule has 2 bridgehead atoms. The van der Waals surface area contributed by atoms with Crippen molar-refractivity contribution in [2.24, 2.45) is 11.3 Å². The van der Waals surface area contributed by atoms with Crippen molar-refractivity contribution in [3.8, 4) is 0 Å². The van der Waals surface area contributed by atoms with E-state index in [1.807, 2.05) is 0 Å². The number of aromatic amines is 1. The van der Waals surface area contributed by atoms with Gasteiger partial charge in [0.25, 0.3) is 5.56 Å². The van der Waals surface area contributed by atoms with Crippen LogP contribution in [0.3, 0.4) is 0 Å². The number of rotatable bonds is 3. The van der Waals surface area contributed by atoms with E-state index in [9.17, 15) is 23.9 Å². The highest BCUT2D eigenvalue weighted by Crippen LogP contribution is 2.73. The number of halogens is 1. The molecule has 4 aliphatic rings. The van der Waals surface area contributed by atoms with Crippen LogP contribution >= 0.6 is 35.1 Å². The number of imidazole rings is 2. The van der Waals surface area contributed by atoms with Crippen molar-refractivity contribution in [2.45, 2.75) is 49.2 Å². The molecule has 4 fully saturated rings. The molecule has 252 valence electrons. The van der Waals surface area contributed by atoms with Crippen molar-refractivity contribution < 1.29 is 46.7 Å². The topological polar surface area (TPSA) is 289 Å². The fraction of sp³-hybridized carbons (Fsp3) is 0.565. The molecule has 3 unspecified atom stereocenters. The summed E-state index contributed by atoms with van der Waals surface area (Å²) >= 11 is 1.56. The van der Waals surface area contributed by atoms with Crippen LogP contribution < -0.4 is 17.0 Å². The number of anilines is 2. The zero-order valence-electron chi connectivity index (χ0n) is 24.1. The molecule has 6 heterocycles. The largest absolute Gasteiger partial charge is 0.472 e. The summed E-state index contributed by atoms with van der Waals surface area (Å²) in [6.45, 7) is -0.844. The molecule has 2 saturated carbocycles. The molecule has 2 saturated heterocycles. The maximum Gasteiger partial charge on any atom is 0.472 e. The summed E-state index contributed by atoms with van der Waals surface area (Å²) in [7, 11) is -3.56. The summed E-state index contributed by atoms with van der Waals surface area (Å²) in [4.78, 5) is 46.5. The predicted octanol–water partition coefficient (Wildman–Crippen LogP) is 0.419. The van der Waals surface area contributed by atoms with Crippen LogP contribution in [0, 0.1) is 11.3 Å². The maximum atomic E-state index is 14.0. The Morgan fingerprint density at radius 1 is 1.11 bits per heavy atom. The zero-order chi connectivity index (χ0) is 33.0. The van der Waals surface area contributed by atoms with Crippen molar-refractivity contribution in [2.75, 3.05) is 31.8 Å². The van der Waals surface area contributed by atoms with Crippen molar-refractivity contribution in [3.63, 3.8) is 0 Å². The van der Waals surface area contributed by atoms with Gasteiger partial charge in [-0.05, 0) is 12.3 Å². The first-order valence-electron chi connectivity index (χ1n) is 14.1. The van der Waals surface area contributed by atoms with Crippen LogP contribution in [0.15, 0.2) is 23.8 Å². The van der Waals surface area contributed by atoms with Gasteiger partial charge in [-0.2, -0.15) is 4.98 Å². The van der Waals surface area contributed by atoms with Crippen LogP contribution in [0.1, 0.15) is 18.7 Å². The number of hydrogen-bond acceptors (Lipinski definition) is 17. The van der Waals surface area contributed by atoms with E-state index in [0.717, 1.165) is 0 Å². The number of H-pyrrole nitrogens is 1. The number of ether oxygens (including phenoxy) is 2. The van der Waals surface area contributed by atoms with Gasteiger partial charge in [-0.1, -0.05) is 0 Å². The molecule has 8 rings (SSSR count). The Bertz CT molecular complexity index is 2060. The Hall–Kier alpha value is -2.63. The SMILES string of the molecule is CO[C@H]1[C@H]2OP(=O)(I)OCC34C[C@@H]3[C@@H](n3cnc5c(N)ncnc53)[C@H](O)[C@@H]4OP(=O)(O)OC[C@H]1O[C@H]2n1cnc2c(=O)[nH]c(N)nc21. The number of aliphatic hydroxyl groups excluding tert-OH is 1. The normalized spacial score (nSPS) is 40.4. The summed E-state index contributed by atoms with van der Waals surface area (Å²) in [5.74, 6) is -0.427. The van der Waals surface area contributed by atoms with Gasteiger partial charge < -0.3 is 40.0 Å². The third-order valence-corrected chi connectivity index (χ3v) is 12.6. The fourth-order valence-electron chi connectivity index (χ4n) is 7.07. The second-order valence-electron chi connectivity index (χ2n) is 11.7. The smallest absolute Gasteiger partial charge is 0.388 e. The lowest BCUT2D eigenvalue weighted by atomic mass is 10.0. The zero-order valence-corrected chi connectivity index (χ0v) is 28.0. The van der Waals surface area contributed by atoms with E-state index in [0.29, 0.717) is 17.6 Å². The number of phosphoric ester groups is 1. The number of nitrogens with one attached hydrogen (secondary N) is 1. The Kier molecular flexibility index (Phi) is 7.36. The van der Waals surface area contributed by atoms with E-state index in [4.69, 9.17) is 39.0 Å². The molecule has 4 aromatic heterocycles. The average molecular weight is 808 g/mol. The Labute approximate surface area is 275 Å². The molecular formula is C23H27IN10O11P2. The Balaban J connectivity index is 1.15. The van der Waals surface area contributed by atoms with Gasteiger partial charge in [-0.15, -0.1) is 0 Å². The lowest BCUT2D eigenvalue weighted by molar-refractivity contribution is -0.0656. The minimum Gasteiger partial charge on any atom is -0.388 e. The molecule has 2 aliphatic heterocycles. The summed E-state index contributed by atoms with van der Waals surface area (Å²) in [6, 6.07) is -0.732. The molecule has 2 aliphatic carbocycles. The lowest BCUT2D eigenvalue weighted by Crippen LogP contribution is -2.38. The van der Waals surface area contributed by atoms with E-state index < -0.39 is 73.4 Å². The molecule has 0 radical (unpaired) electrons. The molecule has 11 atom stereocenters. The number of nitrogens with zero attached hydrogens (tertiary/aromatic N) is 7. The molecule has 4 aromatic rings. The second-order valence-corrected chi connectivity index (χ2v) is 18.0. The standard InChI is InChI=1S/C23H27IN10O11P2/c1-40-14-9-3-41-47(38,39)45-16-13(35)12(33-6-29-10-17(25)27-5-28-18(10)33)8-2-23(8,16)4-42-46(24,37)44-15(14)21(43-9)34-7-30-11-19(34)31-22(26)32-20(11)36/h5-9,12-16,21,35H,2-4H2,1H3,(H,38,39)(H2,25,27,28)(H3,26,31,32,36)/t8-,9-,12-,13+,14-,15-,16+,21-,23?,46?/m1/s1. The maximum absolute atomic E-state index is 14.0. The highest BCUT2D eigenvalue weighted by Gasteiger charge is 2.74. The number of aromatic nitrogens is 8. The summed E-state index contributed by atoms with van der Waals surface area (Å²) in [5, 5.41) is 7.56. The van der Waals surface area contributed by atoms with Crippen LogP contribution in [0.2, 0.25) is 0 Å². The quantitative estimate of drug-likeness (QED) is 0.138. The van der Waals surface area contributed by atoms with Gasteiger partial charge in [0.2, 0.25) is 5.95 Å². The first kappa shape index (κ1) is 31.6. The number of phosphoric acid groups is 1. The third-order valence-electron chi connectivity index (χ3n) is 9.19. The van der Waals surface area contributed by atoms with Gasteiger partial charge >= 0.3 is 13.1 Å². The second kappa shape index (κ2) is 10.9. The van der Waals surface area contributed by atoms with Crippen LogP contribution in [-0.4, -0.2) is 99.9 Å². The molecule has 47 heavy (non-hydrogen) atoms. The molecule has 7 N–H and O–H groups in total. The van der Waals surface area contributed by atoms with Gasteiger partial charge in [0.15, 0.2) is 28.9 Å². The molecule has 0 aromatic carbocycles. The summed E-state index contributed by atoms with van der Waals surface area (Å²) < 4.78 is 65.4. The molecule has 21 nitrogen and oxygen atoms in total.